The lowest BCUT2D eigenvalue weighted by Gasteiger charge is -2.34. The van der Waals surface area contributed by atoms with Gasteiger partial charge in [0.2, 0.25) is 0 Å². The molecule has 1 aliphatic heterocycles. The van der Waals surface area contributed by atoms with Gasteiger partial charge in [-0.3, -0.25) is 9.74 Å². The predicted molar refractivity (Wildman–Crippen MR) is 117 cm³/mol. The first-order valence-corrected chi connectivity index (χ1v) is 11.4. The van der Waals surface area contributed by atoms with Crippen molar-refractivity contribution in [1.29, 1.82) is 0 Å². The molecular weight excluding hydrogens is 420 g/mol. The summed E-state index contributed by atoms with van der Waals surface area (Å²) in [7, 11) is -1.12. The molecule has 168 valence electrons. The number of nitrogens with zero attached hydrogens (tertiary/aromatic N) is 3. The van der Waals surface area contributed by atoms with Crippen LogP contribution in [0.3, 0.4) is 0 Å². The summed E-state index contributed by atoms with van der Waals surface area (Å²) in [5, 5.41) is 2.82. The first-order valence-electron chi connectivity index (χ1n) is 9.99. The number of carbonyl (C=O) groups excluding carboxylic acids is 1. The highest BCUT2D eigenvalue weighted by molar-refractivity contribution is 7.89. The lowest BCUT2D eigenvalue weighted by Crippen LogP contribution is -2.50. The summed E-state index contributed by atoms with van der Waals surface area (Å²) < 4.78 is 31.0. The van der Waals surface area contributed by atoms with E-state index in [1.54, 1.807) is 17.0 Å². The largest absolute Gasteiger partial charge is 0.492 e. The Hall–Kier alpha value is -2.66. The van der Waals surface area contributed by atoms with Gasteiger partial charge in [-0.2, -0.15) is 0 Å². The molecule has 0 atom stereocenters. The number of benzene rings is 2. The van der Waals surface area contributed by atoms with Gasteiger partial charge in [0.25, 0.3) is 10.0 Å². The van der Waals surface area contributed by atoms with Crippen molar-refractivity contribution in [3.8, 4) is 5.75 Å². The number of anilines is 1. The molecule has 1 N–H and O–H groups in total. The number of sulfonamides is 1. The lowest BCUT2D eigenvalue weighted by molar-refractivity contribution is -0.0258. The van der Waals surface area contributed by atoms with E-state index in [-0.39, 0.29) is 10.9 Å². The van der Waals surface area contributed by atoms with Gasteiger partial charge in [0, 0.05) is 45.5 Å². The maximum absolute atomic E-state index is 12.5. The average Bonchev–Trinajstić information content (AvgIpc) is 2.80. The molecular formula is C21H28N4O5S. The number of rotatable bonds is 8. The summed E-state index contributed by atoms with van der Waals surface area (Å²) in [5.41, 5.74) is 0.530. The fourth-order valence-corrected chi connectivity index (χ4v) is 4.12. The summed E-state index contributed by atoms with van der Waals surface area (Å²) in [4.78, 5) is 21.4. The molecule has 2 aromatic carbocycles. The second kappa shape index (κ2) is 10.6. The molecule has 0 unspecified atom stereocenters. The van der Waals surface area contributed by atoms with Crippen LogP contribution < -0.4 is 10.1 Å². The van der Waals surface area contributed by atoms with Gasteiger partial charge >= 0.3 is 6.03 Å². The topological polar surface area (TPSA) is 91.4 Å². The molecule has 2 aromatic rings. The van der Waals surface area contributed by atoms with Crippen LogP contribution >= 0.6 is 0 Å². The molecule has 9 nitrogen and oxygen atoms in total. The third kappa shape index (κ3) is 6.17. The Morgan fingerprint density at radius 3 is 2.29 bits per heavy atom. The van der Waals surface area contributed by atoms with Crippen LogP contribution in [0.5, 0.6) is 5.75 Å². The van der Waals surface area contributed by atoms with Crippen molar-refractivity contribution in [3.05, 3.63) is 54.6 Å². The summed E-state index contributed by atoms with van der Waals surface area (Å²) in [6.07, 6.45) is 0. The summed E-state index contributed by atoms with van der Waals surface area (Å²) in [5.74, 6) is 0.855. The molecule has 10 heteroatoms. The van der Waals surface area contributed by atoms with Crippen molar-refractivity contribution >= 4 is 21.7 Å². The van der Waals surface area contributed by atoms with Gasteiger partial charge in [0.05, 0.1) is 12.0 Å². The molecule has 3 rings (SSSR count). The van der Waals surface area contributed by atoms with Crippen LogP contribution in [-0.2, 0) is 14.9 Å². The van der Waals surface area contributed by atoms with Gasteiger partial charge in [-0.25, -0.2) is 13.2 Å². The zero-order valence-electron chi connectivity index (χ0n) is 17.7. The molecule has 2 amide bonds. The van der Waals surface area contributed by atoms with E-state index in [0.29, 0.717) is 25.4 Å². The van der Waals surface area contributed by atoms with Crippen LogP contribution in [0.1, 0.15) is 0 Å². The highest BCUT2D eigenvalue weighted by Gasteiger charge is 2.22. The minimum atomic E-state index is -3.71. The molecule has 1 fully saturated rings. The molecule has 0 saturated carbocycles. The molecule has 0 bridgehead atoms. The Bertz CT molecular complexity index is 945. The van der Waals surface area contributed by atoms with Crippen molar-refractivity contribution in [1.82, 2.24) is 14.3 Å². The van der Waals surface area contributed by atoms with Crippen LogP contribution in [0.15, 0.2) is 59.5 Å². The van der Waals surface area contributed by atoms with E-state index in [9.17, 15) is 13.2 Å². The third-order valence-corrected chi connectivity index (χ3v) is 6.77. The van der Waals surface area contributed by atoms with Crippen LogP contribution in [0.4, 0.5) is 10.5 Å². The number of hydrogen-bond donors (Lipinski definition) is 1. The second-order valence-corrected chi connectivity index (χ2v) is 8.98. The van der Waals surface area contributed by atoms with Crippen LogP contribution in [0, 0.1) is 0 Å². The number of ether oxygens (including phenoxy) is 1. The van der Waals surface area contributed by atoms with Crippen molar-refractivity contribution in [3.63, 3.8) is 0 Å². The number of piperazine rings is 1. The number of carbonyl (C=O) groups is 1. The Kier molecular flexibility index (Phi) is 7.85. The van der Waals surface area contributed by atoms with Gasteiger partial charge in [-0.05, 0) is 36.4 Å². The van der Waals surface area contributed by atoms with Crippen molar-refractivity contribution in [2.45, 2.75) is 4.90 Å². The Labute approximate surface area is 183 Å². The van der Waals surface area contributed by atoms with E-state index < -0.39 is 10.0 Å². The molecule has 0 aliphatic carbocycles. The molecule has 0 radical (unpaired) electrons. The smallest absolute Gasteiger partial charge is 0.321 e. The summed E-state index contributed by atoms with van der Waals surface area (Å²) in [6, 6.07) is 15.5. The Balaban J connectivity index is 1.43. The van der Waals surface area contributed by atoms with Gasteiger partial charge in [0.1, 0.15) is 12.4 Å². The highest BCUT2D eigenvalue weighted by atomic mass is 32.2. The van der Waals surface area contributed by atoms with Crippen LogP contribution in [0.2, 0.25) is 0 Å². The molecule has 0 spiro atoms. The first kappa shape index (κ1) is 23.0. The average molecular weight is 449 g/mol. The highest BCUT2D eigenvalue weighted by Crippen LogP contribution is 2.18. The van der Waals surface area contributed by atoms with E-state index in [0.717, 1.165) is 29.9 Å². The number of nitrogens with one attached hydrogen (secondary N) is 1. The fourth-order valence-electron chi connectivity index (χ4n) is 3.14. The quantitative estimate of drug-likeness (QED) is 0.622. The van der Waals surface area contributed by atoms with Crippen molar-refractivity contribution in [2.24, 2.45) is 0 Å². The number of hydrogen-bond acceptors (Lipinski definition) is 6. The molecule has 1 saturated heterocycles. The molecule has 0 aromatic heterocycles. The predicted octanol–water partition coefficient (Wildman–Crippen LogP) is 2.10. The van der Waals surface area contributed by atoms with E-state index in [4.69, 9.17) is 9.57 Å². The maximum atomic E-state index is 12.5. The zero-order valence-corrected chi connectivity index (χ0v) is 18.5. The standard InChI is InChI=1S/C21H28N4O5S/c1-23(29-2)31(27,28)20-10-8-18(9-11-20)22-21(26)25-14-12-24(13-15-25)16-17-30-19-6-4-3-5-7-19/h3-11H,12-17H2,1-2H3,(H,22,26). The maximum Gasteiger partial charge on any atom is 0.321 e. The summed E-state index contributed by atoms with van der Waals surface area (Å²) in [6.45, 7) is 4.17. The third-order valence-electron chi connectivity index (χ3n) is 5.08. The number of para-hydroxylation sites is 1. The van der Waals surface area contributed by atoms with E-state index in [2.05, 4.69) is 10.2 Å². The van der Waals surface area contributed by atoms with Gasteiger partial charge in [0.15, 0.2) is 0 Å². The zero-order chi connectivity index (χ0) is 22.3. The monoisotopic (exact) mass is 448 g/mol. The van der Waals surface area contributed by atoms with Crippen molar-refractivity contribution < 1.29 is 22.8 Å². The number of urea groups is 1. The lowest BCUT2D eigenvalue weighted by atomic mass is 10.3. The van der Waals surface area contributed by atoms with E-state index >= 15 is 0 Å². The fraction of sp³-hybridized carbons (Fsp3) is 0.381. The minimum absolute atomic E-state index is 0.0844. The van der Waals surface area contributed by atoms with Gasteiger partial charge in [-0.1, -0.05) is 22.7 Å². The first-order chi connectivity index (χ1) is 14.9. The number of amides is 2. The summed E-state index contributed by atoms with van der Waals surface area (Å²) >= 11 is 0. The van der Waals surface area contributed by atoms with E-state index in [1.807, 2.05) is 30.3 Å². The van der Waals surface area contributed by atoms with Gasteiger partial charge < -0.3 is 15.0 Å². The van der Waals surface area contributed by atoms with E-state index in [1.165, 1.54) is 26.3 Å². The Morgan fingerprint density at radius 2 is 1.68 bits per heavy atom. The van der Waals surface area contributed by atoms with Gasteiger partial charge in [-0.15, -0.1) is 0 Å². The van der Waals surface area contributed by atoms with Crippen molar-refractivity contribution in [2.75, 3.05) is 58.8 Å². The normalized spacial score (nSPS) is 15.1. The SMILES string of the molecule is CON(C)S(=O)(=O)c1ccc(NC(=O)N2CCN(CCOc3ccccc3)CC2)cc1. The molecule has 31 heavy (non-hydrogen) atoms. The molecule has 1 aliphatic rings. The minimum Gasteiger partial charge on any atom is -0.492 e. The number of hydroxylamine groups is 1. The van der Waals surface area contributed by atoms with Crippen LogP contribution in [-0.4, -0.2) is 82.2 Å². The van der Waals surface area contributed by atoms with Crippen LogP contribution in [0.25, 0.3) is 0 Å². The molecule has 1 heterocycles. The second-order valence-electron chi connectivity index (χ2n) is 7.04. The Morgan fingerprint density at radius 1 is 1.03 bits per heavy atom.